The van der Waals surface area contributed by atoms with E-state index in [-0.39, 0.29) is 12.1 Å². The first-order valence-corrected chi connectivity index (χ1v) is 8.55. The Balaban J connectivity index is 1.42. The lowest BCUT2D eigenvalue weighted by molar-refractivity contribution is 0.234. The van der Waals surface area contributed by atoms with Crippen molar-refractivity contribution < 1.29 is 4.79 Å². The Morgan fingerprint density at radius 2 is 2.04 bits per heavy atom. The average molecular weight is 332 g/mol. The quantitative estimate of drug-likeness (QED) is 0.890. The predicted molar refractivity (Wildman–Crippen MR) is 89.5 cm³/mol. The number of piperidine rings is 1. The molecule has 2 N–H and O–H groups in total. The van der Waals surface area contributed by atoms with Gasteiger partial charge in [0.25, 0.3) is 0 Å². The Labute approximate surface area is 139 Å². The van der Waals surface area contributed by atoms with Gasteiger partial charge in [0, 0.05) is 36.4 Å². The van der Waals surface area contributed by atoms with Crippen molar-refractivity contribution in [1.29, 1.82) is 0 Å². The number of nitrogens with one attached hydrogen (secondary N) is 2. The lowest BCUT2D eigenvalue weighted by atomic mass is 10.1. The zero-order valence-electron chi connectivity index (χ0n) is 13.0. The number of hydrogen-bond donors (Lipinski definition) is 2. The van der Waals surface area contributed by atoms with E-state index in [9.17, 15) is 4.79 Å². The smallest absolute Gasteiger partial charge is 0.315 e. The van der Waals surface area contributed by atoms with Crippen molar-refractivity contribution in [2.24, 2.45) is 0 Å². The number of hydrogen-bond acceptors (Lipinski definition) is 6. The molecule has 2 aromatic heterocycles. The third kappa shape index (κ3) is 4.16. The van der Waals surface area contributed by atoms with E-state index in [1.54, 1.807) is 29.2 Å². The Kier molecular flexibility index (Phi) is 5.02. The number of nitrogens with zero attached hydrogens (tertiary/aromatic N) is 4. The first-order chi connectivity index (χ1) is 11.2. The van der Waals surface area contributed by atoms with Crippen LogP contribution < -0.4 is 15.5 Å². The summed E-state index contributed by atoms with van der Waals surface area (Å²) in [7, 11) is 0. The van der Waals surface area contributed by atoms with Crippen LogP contribution in [0.4, 0.5) is 10.7 Å². The number of urea groups is 1. The molecular weight excluding hydrogens is 312 g/mol. The summed E-state index contributed by atoms with van der Waals surface area (Å²) in [6.07, 6.45) is 5.29. The van der Waals surface area contributed by atoms with E-state index < -0.39 is 0 Å². The zero-order valence-corrected chi connectivity index (χ0v) is 13.8. The number of thiazole rings is 1. The van der Waals surface area contributed by atoms with Crippen molar-refractivity contribution in [3.05, 3.63) is 34.5 Å². The summed E-state index contributed by atoms with van der Waals surface area (Å²) in [5, 5.41) is 5.94. The normalized spacial score (nSPS) is 15.4. The molecule has 3 rings (SSSR count). The van der Waals surface area contributed by atoms with E-state index in [2.05, 4.69) is 30.5 Å². The van der Waals surface area contributed by atoms with Crippen molar-refractivity contribution in [2.45, 2.75) is 32.4 Å². The van der Waals surface area contributed by atoms with Crippen molar-refractivity contribution in [3.8, 4) is 0 Å². The number of carbonyl (C=O) groups excluding carboxylic acids is 1. The molecule has 0 unspecified atom stereocenters. The first-order valence-electron chi connectivity index (χ1n) is 7.67. The number of aromatic nitrogens is 3. The van der Waals surface area contributed by atoms with Crippen LogP contribution in [0.5, 0.6) is 0 Å². The van der Waals surface area contributed by atoms with E-state index in [0.717, 1.165) is 42.5 Å². The van der Waals surface area contributed by atoms with Gasteiger partial charge in [-0.1, -0.05) is 0 Å². The van der Waals surface area contributed by atoms with Gasteiger partial charge in [-0.05, 0) is 25.8 Å². The Bertz CT molecular complexity index is 638. The molecule has 8 heteroatoms. The number of carbonyl (C=O) groups is 1. The monoisotopic (exact) mass is 332 g/mol. The molecule has 0 aliphatic carbocycles. The third-order valence-electron chi connectivity index (χ3n) is 3.92. The molecule has 7 nitrogen and oxygen atoms in total. The summed E-state index contributed by atoms with van der Waals surface area (Å²) in [6.45, 7) is 4.18. The van der Waals surface area contributed by atoms with Crippen LogP contribution in [0.2, 0.25) is 0 Å². The number of rotatable bonds is 4. The summed E-state index contributed by atoms with van der Waals surface area (Å²) >= 11 is 1.56. The molecular formula is C15H20N6OS. The van der Waals surface area contributed by atoms with E-state index >= 15 is 0 Å². The first kappa shape index (κ1) is 15.7. The maximum absolute atomic E-state index is 12.0. The molecule has 1 saturated heterocycles. The lowest BCUT2D eigenvalue weighted by Gasteiger charge is -2.32. The van der Waals surface area contributed by atoms with Gasteiger partial charge in [0.1, 0.15) is 0 Å². The SMILES string of the molecule is Cc1ncsc1CNC(=O)NC1CCN(c2ncccn2)CC1. The minimum atomic E-state index is -0.118. The van der Waals surface area contributed by atoms with Gasteiger partial charge in [-0.15, -0.1) is 11.3 Å². The van der Waals surface area contributed by atoms with Crippen LogP contribution in [0.25, 0.3) is 0 Å². The van der Waals surface area contributed by atoms with E-state index in [1.807, 2.05) is 13.0 Å². The topological polar surface area (TPSA) is 83.0 Å². The van der Waals surface area contributed by atoms with Crippen LogP contribution in [0, 0.1) is 6.92 Å². The number of aryl methyl sites for hydroxylation is 1. The highest BCUT2D eigenvalue weighted by Gasteiger charge is 2.22. The largest absolute Gasteiger partial charge is 0.341 e. The molecule has 0 atom stereocenters. The average Bonchev–Trinajstić information content (AvgIpc) is 3.00. The molecule has 3 heterocycles. The van der Waals surface area contributed by atoms with Crippen LogP contribution in [0.3, 0.4) is 0 Å². The van der Waals surface area contributed by atoms with Gasteiger partial charge in [0.2, 0.25) is 5.95 Å². The summed E-state index contributed by atoms with van der Waals surface area (Å²) in [6, 6.07) is 1.89. The van der Waals surface area contributed by atoms with Crippen molar-refractivity contribution in [2.75, 3.05) is 18.0 Å². The fraction of sp³-hybridized carbons (Fsp3) is 0.467. The lowest BCUT2D eigenvalue weighted by Crippen LogP contribution is -2.48. The number of anilines is 1. The molecule has 1 fully saturated rings. The van der Waals surface area contributed by atoms with Crippen LogP contribution >= 0.6 is 11.3 Å². The molecule has 1 aliphatic heterocycles. The maximum atomic E-state index is 12.0. The molecule has 0 radical (unpaired) electrons. The molecule has 2 amide bonds. The number of amides is 2. The van der Waals surface area contributed by atoms with Gasteiger partial charge in [-0.25, -0.2) is 19.7 Å². The fourth-order valence-corrected chi connectivity index (χ4v) is 3.29. The predicted octanol–water partition coefficient (Wildman–Crippen LogP) is 1.71. The maximum Gasteiger partial charge on any atom is 0.315 e. The van der Waals surface area contributed by atoms with Gasteiger partial charge >= 0.3 is 6.03 Å². The van der Waals surface area contributed by atoms with Gasteiger partial charge in [0.15, 0.2) is 0 Å². The highest BCUT2D eigenvalue weighted by molar-refractivity contribution is 7.09. The van der Waals surface area contributed by atoms with Crippen LogP contribution in [-0.4, -0.2) is 40.1 Å². The zero-order chi connectivity index (χ0) is 16.1. The van der Waals surface area contributed by atoms with Crippen molar-refractivity contribution in [3.63, 3.8) is 0 Å². The highest BCUT2D eigenvalue weighted by atomic mass is 32.1. The fourth-order valence-electron chi connectivity index (χ4n) is 2.57. The Morgan fingerprint density at radius 1 is 1.30 bits per heavy atom. The molecule has 122 valence electrons. The Morgan fingerprint density at radius 3 is 2.70 bits per heavy atom. The van der Waals surface area contributed by atoms with Gasteiger partial charge in [-0.3, -0.25) is 0 Å². The van der Waals surface area contributed by atoms with E-state index in [4.69, 9.17) is 0 Å². The van der Waals surface area contributed by atoms with Gasteiger partial charge < -0.3 is 15.5 Å². The summed E-state index contributed by atoms with van der Waals surface area (Å²) < 4.78 is 0. The van der Waals surface area contributed by atoms with Crippen LogP contribution in [0.15, 0.2) is 24.0 Å². The third-order valence-corrected chi connectivity index (χ3v) is 4.85. The summed E-state index contributed by atoms with van der Waals surface area (Å²) in [5.41, 5.74) is 2.78. The molecule has 1 aliphatic rings. The summed E-state index contributed by atoms with van der Waals surface area (Å²) in [5.74, 6) is 0.760. The van der Waals surface area contributed by atoms with Gasteiger partial charge in [0.05, 0.1) is 17.7 Å². The van der Waals surface area contributed by atoms with Crippen molar-refractivity contribution in [1.82, 2.24) is 25.6 Å². The molecule has 0 bridgehead atoms. The second-order valence-electron chi connectivity index (χ2n) is 5.50. The minimum absolute atomic E-state index is 0.118. The van der Waals surface area contributed by atoms with Crippen LogP contribution in [0.1, 0.15) is 23.4 Å². The molecule has 0 saturated carbocycles. The molecule has 0 spiro atoms. The second kappa shape index (κ2) is 7.36. The molecule has 2 aromatic rings. The summed E-state index contributed by atoms with van der Waals surface area (Å²) in [4.78, 5) is 27.9. The Hall–Kier alpha value is -2.22. The minimum Gasteiger partial charge on any atom is -0.341 e. The van der Waals surface area contributed by atoms with Gasteiger partial charge in [-0.2, -0.15) is 0 Å². The van der Waals surface area contributed by atoms with E-state index in [0.29, 0.717) is 6.54 Å². The highest BCUT2D eigenvalue weighted by Crippen LogP contribution is 2.15. The van der Waals surface area contributed by atoms with Crippen LogP contribution in [-0.2, 0) is 6.54 Å². The second-order valence-corrected chi connectivity index (χ2v) is 6.44. The van der Waals surface area contributed by atoms with Crippen molar-refractivity contribution >= 4 is 23.3 Å². The van der Waals surface area contributed by atoms with E-state index in [1.165, 1.54) is 0 Å². The molecule has 0 aromatic carbocycles. The molecule has 23 heavy (non-hydrogen) atoms. The standard InChI is InChI=1S/C15H20N6OS/c1-11-13(23-10-19-11)9-18-15(22)20-12-3-7-21(8-4-12)14-16-5-2-6-17-14/h2,5-6,10,12H,3-4,7-9H2,1H3,(H2,18,20,22).